The van der Waals surface area contributed by atoms with Crippen molar-refractivity contribution in [2.45, 2.75) is 32.2 Å². The van der Waals surface area contributed by atoms with Crippen LogP contribution >= 0.6 is 11.3 Å². The van der Waals surface area contributed by atoms with Crippen LogP contribution in [0, 0.1) is 6.92 Å². The summed E-state index contributed by atoms with van der Waals surface area (Å²) in [5.74, 6) is -0.332. The van der Waals surface area contributed by atoms with E-state index in [1.54, 1.807) is 23.1 Å². The zero-order valence-corrected chi connectivity index (χ0v) is 21.1. The summed E-state index contributed by atoms with van der Waals surface area (Å²) >= 11 is 1.54. The maximum absolute atomic E-state index is 13.8. The van der Waals surface area contributed by atoms with Gasteiger partial charge in [0.25, 0.3) is 5.91 Å². The van der Waals surface area contributed by atoms with Crippen molar-refractivity contribution in [3.05, 3.63) is 81.5 Å². The van der Waals surface area contributed by atoms with Crippen LogP contribution in [0.25, 0.3) is 0 Å². The van der Waals surface area contributed by atoms with Crippen molar-refractivity contribution in [3.63, 3.8) is 0 Å². The third-order valence-corrected chi connectivity index (χ3v) is 7.61. The van der Waals surface area contributed by atoms with Gasteiger partial charge in [0.2, 0.25) is 11.8 Å². The van der Waals surface area contributed by atoms with E-state index in [1.807, 2.05) is 53.6 Å². The van der Waals surface area contributed by atoms with E-state index in [-0.39, 0.29) is 30.6 Å². The highest BCUT2D eigenvalue weighted by atomic mass is 32.1. The number of benzene rings is 2. The van der Waals surface area contributed by atoms with E-state index in [0.717, 1.165) is 35.5 Å². The number of nitrogens with one attached hydrogen (secondary N) is 2. The van der Waals surface area contributed by atoms with Gasteiger partial charge < -0.3 is 20.4 Å². The molecule has 2 aliphatic heterocycles. The number of aryl methyl sites for hydroxylation is 1. The quantitative estimate of drug-likeness (QED) is 0.562. The molecule has 1 unspecified atom stereocenters. The second-order valence-corrected chi connectivity index (χ2v) is 10.4. The lowest BCUT2D eigenvalue weighted by Gasteiger charge is -2.31. The molecule has 1 atom stereocenters. The largest absolute Gasteiger partial charge is 0.337 e. The van der Waals surface area contributed by atoms with E-state index < -0.39 is 6.04 Å². The molecule has 0 spiro atoms. The Morgan fingerprint density at radius 3 is 2.67 bits per heavy atom. The van der Waals surface area contributed by atoms with Gasteiger partial charge in [0.05, 0.1) is 30.3 Å². The molecule has 2 aliphatic rings. The number of hydrogen-bond acceptors (Lipinski definition) is 5. The molecule has 1 fully saturated rings. The van der Waals surface area contributed by atoms with Crippen LogP contribution in [0.5, 0.6) is 0 Å². The third kappa shape index (κ3) is 5.20. The standard InChI is InChI=1S/C28H30N4O3S/c1-19-5-7-20(8-6-19)25-18-26(33)30-23-16-21(28(35)31-13-3-11-29-12-14-31)9-10-24(23)32(25)27(34)17-22-4-2-15-36-22/h2,4-10,15-16,25,29H,3,11-14,17-18H2,1H3,(H,30,33). The topological polar surface area (TPSA) is 81.8 Å². The normalized spacial score (nSPS) is 18.1. The molecular formula is C28H30N4O3S. The average molecular weight is 503 g/mol. The molecule has 8 heteroatoms. The molecule has 2 N–H and O–H groups in total. The van der Waals surface area contributed by atoms with E-state index >= 15 is 0 Å². The molecule has 0 saturated carbocycles. The number of carbonyl (C=O) groups excluding carboxylic acids is 3. The van der Waals surface area contributed by atoms with Crippen molar-refractivity contribution in [3.8, 4) is 0 Å². The van der Waals surface area contributed by atoms with Gasteiger partial charge in [0.1, 0.15) is 0 Å². The summed E-state index contributed by atoms with van der Waals surface area (Å²) < 4.78 is 0. The molecule has 1 saturated heterocycles. The highest BCUT2D eigenvalue weighted by Gasteiger charge is 2.34. The fourth-order valence-corrected chi connectivity index (χ4v) is 5.55. The predicted molar refractivity (Wildman–Crippen MR) is 143 cm³/mol. The molecule has 1 aromatic heterocycles. The zero-order valence-electron chi connectivity index (χ0n) is 20.3. The smallest absolute Gasteiger partial charge is 0.253 e. The molecule has 0 radical (unpaired) electrons. The lowest BCUT2D eigenvalue weighted by atomic mass is 9.99. The van der Waals surface area contributed by atoms with Crippen molar-refractivity contribution in [1.29, 1.82) is 0 Å². The molecular weight excluding hydrogens is 472 g/mol. The van der Waals surface area contributed by atoms with Gasteiger partial charge in [-0.2, -0.15) is 0 Å². The van der Waals surface area contributed by atoms with Gasteiger partial charge in [-0.25, -0.2) is 0 Å². The first kappa shape index (κ1) is 24.2. The van der Waals surface area contributed by atoms with Gasteiger partial charge in [0, 0.05) is 30.1 Å². The Balaban J connectivity index is 1.54. The summed E-state index contributed by atoms with van der Waals surface area (Å²) in [5.41, 5.74) is 3.63. The van der Waals surface area contributed by atoms with Crippen molar-refractivity contribution >= 4 is 40.4 Å². The molecule has 2 aromatic carbocycles. The van der Waals surface area contributed by atoms with Crippen LogP contribution in [0.4, 0.5) is 11.4 Å². The summed E-state index contributed by atoms with van der Waals surface area (Å²) in [7, 11) is 0. The van der Waals surface area contributed by atoms with E-state index in [0.29, 0.717) is 30.0 Å². The molecule has 5 rings (SSSR count). The average Bonchev–Trinajstić information content (AvgIpc) is 3.15. The first-order valence-corrected chi connectivity index (χ1v) is 13.2. The van der Waals surface area contributed by atoms with Crippen LogP contribution in [-0.2, 0) is 16.0 Å². The number of carbonyl (C=O) groups is 3. The van der Waals surface area contributed by atoms with Crippen LogP contribution in [0.2, 0.25) is 0 Å². The number of fused-ring (bicyclic) bond motifs is 1. The molecule has 36 heavy (non-hydrogen) atoms. The van der Waals surface area contributed by atoms with E-state index in [4.69, 9.17) is 0 Å². The Morgan fingerprint density at radius 2 is 1.89 bits per heavy atom. The highest BCUT2D eigenvalue weighted by Crippen LogP contribution is 2.39. The third-order valence-electron chi connectivity index (χ3n) is 6.73. The van der Waals surface area contributed by atoms with Crippen molar-refractivity contribution < 1.29 is 14.4 Å². The number of anilines is 2. The van der Waals surface area contributed by atoms with Crippen LogP contribution in [0.1, 0.15) is 45.2 Å². The number of hydrogen-bond donors (Lipinski definition) is 2. The lowest BCUT2D eigenvalue weighted by molar-refractivity contribution is -0.119. The number of amides is 3. The molecule has 0 aliphatic carbocycles. The fraction of sp³-hybridized carbons (Fsp3) is 0.321. The monoisotopic (exact) mass is 502 g/mol. The van der Waals surface area contributed by atoms with Gasteiger partial charge in [-0.05, 0) is 55.1 Å². The second kappa shape index (κ2) is 10.6. The minimum Gasteiger partial charge on any atom is -0.337 e. The number of thiophene rings is 1. The Morgan fingerprint density at radius 1 is 1.06 bits per heavy atom. The van der Waals surface area contributed by atoms with Gasteiger partial charge >= 0.3 is 0 Å². The maximum Gasteiger partial charge on any atom is 0.253 e. The van der Waals surface area contributed by atoms with Crippen LogP contribution < -0.4 is 15.5 Å². The lowest BCUT2D eigenvalue weighted by Crippen LogP contribution is -2.36. The predicted octanol–water partition coefficient (Wildman–Crippen LogP) is 4.15. The van der Waals surface area contributed by atoms with Gasteiger partial charge in [-0.3, -0.25) is 14.4 Å². The molecule has 186 valence electrons. The van der Waals surface area contributed by atoms with E-state index in [9.17, 15) is 14.4 Å². The Bertz CT molecular complexity index is 1250. The minimum absolute atomic E-state index is 0.0634. The van der Waals surface area contributed by atoms with Gasteiger partial charge in [-0.15, -0.1) is 11.3 Å². The van der Waals surface area contributed by atoms with E-state index in [2.05, 4.69) is 10.6 Å². The summed E-state index contributed by atoms with van der Waals surface area (Å²) in [6.45, 7) is 5.00. The van der Waals surface area contributed by atoms with Crippen molar-refractivity contribution in [2.24, 2.45) is 0 Å². The Kier molecular flexibility index (Phi) is 7.16. The Labute approximate surface area is 215 Å². The fourth-order valence-electron chi connectivity index (χ4n) is 4.86. The number of rotatable bonds is 4. The van der Waals surface area contributed by atoms with Crippen molar-refractivity contribution in [1.82, 2.24) is 10.2 Å². The molecule has 0 bridgehead atoms. The van der Waals surface area contributed by atoms with E-state index in [1.165, 1.54) is 11.3 Å². The second-order valence-electron chi connectivity index (χ2n) is 9.33. The van der Waals surface area contributed by atoms with Crippen LogP contribution in [0.15, 0.2) is 60.0 Å². The summed E-state index contributed by atoms with van der Waals surface area (Å²) in [5, 5.41) is 8.24. The summed E-state index contributed by atoms with van der Waals surface area (Å²) in [4.78, 5) is 44.6. The maximum atomic E-state index is 13.8. The first-order valence-electron chi connectivity index (χ1n) is 12.3. The summed E-state index contributed by atoms with van der Waals surface area (Å²) in [6, 6.07) is 16.7. The SMILES string of the molecule is Cc1ccc(C2CC(=O)Nc3cc(C(=O)N4CCCNCC4)ccc3N2C(=O)Cc2cccs2)cc1. The van der Waals surface area contributed by atoms with Crippen LogP contribution in [-0.4, -0.2) is 48.8 Å². The molecule has 3 aromatic rings. The zero-order chi connectivity index (χ0) is 25.1. The minimum atomic E-state index is -0.447. The molecule has 3 heterocycles. The Hall–Kier alpha value is -3.49. The molecule has 7 nitrogen and oxygen atoms in total. The summed E-state index contributed by atoms with van der Waals surface area (Å²) in [6.07, 6.45) is 1.28. The first-order chi connectivity index (χ1) is 17.5. The van der Waals surface area contributed by atoms with Crippen LogP contribution in [0.3, 0.4) is 0 Å². The van der Waals surface area contributed by atoms with Gasteiger partial charge in [-0.1, -0.05) is 35.9 Å². The van der Waals surface area contributed by atoms with Crippen molar-refractivity contribution in [2.75, 3.05) is 36.4 Å². The molecule has 3 amide bonds. The van der Waals surface area contributed by atoms with Gasteiger partial charge in [0.15, 0.2) is 0 Å². The number of nitrogens with zero attached hydrogens (tertiary/aromatic N) is 2. The highest BCUT2D eigenvalue weighted by molar-refractivity contribution is 7.10.